The Balaban J connectivity index is 1.57. The van der Waals surface area contributed by atoms with Gasteiger partial charge in [0.25, 0.3) is 10.0 Å². The maximum absolute atomic E-state index is 15.1. The summed E-state index contributed by atoms with van der Waals surface area (Å²) in [5, 5.41) is 3.16. The van der Waals surface area contributed by atoms with Gasteiger partial charge in [-0.05, 0) is 48.7 Å². The van der Waals surface area contributed by atoms with E-state index in [0.29, 0.717) is 5.75 Å². The molecule has 4 aromatic rings. The summed E-state index contributed by atoms with van der Waals surface area (Å²) >= 11 is 0. The third-order valence-electron chi connectivity index (χ3n) is 8.47. The maximum atomic E-state index is 15.1. The maximum Gasteiger partial charge on any atom is 0.264 e. The molecule has 246 valence electrons. The number of sulfonamides is 1. The number of nitrogens with one attached hydrogen (secondary N) is 1. The fourth-order valence-electron chi connectivity index (χ4n) is 5.92. The van der Waals surface area contributed by atoms with Gasteiger partial charge in [-0.15, -0.1) is 0 Å². The predicted molar refractivity (Wildman–Crippen MR) is 180 cm³/mol. The Bertz CT molecular complexity index is 1750. The van der Waals surface area contributed by atoms with Crippen LogP contribution in [0.15, 0.2) is 114 Å². The molecule has 1 aliphatic rings. The molecule has 0 spiro atoms. The van der Waals surface area contributed by atoms with E-state index in [-0.39, 0.29) is 41.1 Å². The van der Waals surface area contributed by atoms with E-state index in [1.165, 1.54) is 36.3 Å². The van der Waals surface area contributed by atoms with E-state index >= 15 is 4.39 Å². The van der Waals surface area contributed by atoms with Crippen molar-refractivity contribution in [3.8, 4) is 5.75 Å². The van der Waals surface area contributed by atoms with Crippen LogP contribution in [0.5, 0.6) is 5.75 Å². The molecule has 0 heterocycles. The number of hydrogen-bond acceptors (Lipinski definition) is 5. The molecule has 1 N–H and O–H groups in total. The standard InChI is InChI=1S/C37H40FN3O5S/c1-46-32-20-13-19-31(25-32)41(47(44,45)33-21-9-4-10-22-33)27-36(42)40(26-29-16-11-12-23-34(29)38)35(24-28-14-5-2-6-15-28)37(43)39-30-17-7-3-8-18-30/h2,4-6,9-16,19-23,25,30,35H,3,7-8,17-18,24,26-27H2,1H3,(H,39,43)/t35-/m1/s1. The second-order valence-corrected chi connectivity index (χ2v) is 13.6. The molecule has 1 atom stereocenters. The number of carbonyl (C=O) groups is 2. The minimum absolute atomic E-state index is 0.00727. The summed E-state index contributed by atoms with van der Waals surface area (Å²) in [4.78, 5) is 30.0. The normalized spacial score (nSPS) is 14.2. The lowest BCUT2D eigenvalue weighted by Gasteiger charge is -2.35. The van der Waals surface area contributed by atoms with Gasteiger partial charge in [0.15, 0.2) is 0 Å². The van der Waals surface area contributed by atoms with Gasteiger partial charge in [0.05, 0.1) is 17.7 Å². The van der Waals surface area contributed by atoms with E-state index in [2.05, 4.69) is 5.32 Å². The number of methoxy groups -OCH3 is 1. The summed E-state index contributed by atoms with van der Waals surface area (Å²) in [5.74, 6) is -1.14. The van der Waals surface area contributed by atoms with E-state index in [4.69, 9.17) is 4.74 Å². The van der Waals surface area contributed by atoms with Gasteiger partial charge in [-0.25, -0.2) is 12.8 Å². The zero-order valence-electron chi connectivity index (χ0n) is 26.4. The lowest BCUT2D eigenvalue weighted by molar-refractivity contribution is -0.140. The first-order chi connectivity index (χ1) is 22.8. The largest absolute Gasteiger partial charge is 0.497 e. The molecule has 1 fully saturated rings. The van der Waals surface area contributed by atoms with E-state index in [1.807, 2.05) is 30.3 Å². The van der Waals surface area contributed by atoms with Crippen LogP contribution in [0.3, 0.4) is 0 Å². The lowest BCUT2D eigenvalue weighted by atomic mass is 9.94. The highest BCUT2D eigenvalue weighted by Crippen LogP contribution is 2.28. The van der Waals surface area contributed by atoms with Gasteiger partial charge in [-0.1, -0.05) is 92.1 Å². The molecular formula is C37H40FN3O5S. The first-order valence-corrected chi connectivity index (χ1v) is 17.3. The second kappa shape index (κ2) is 15.7. The molecule has 0 unspecified atom stereocenters. The van der Waals surface area contributed by atoms with Crippen molar-refractivity contribution in [2.45, 2.75) is 62.0 Å². The molecular weight excluding hydrogens is 617 g/mol. The average Bonchev–Trinajstić information content (AvgIpc) is 3.10. The van der Waals surface area contributed by atoms with Crippen molar-refractivity contribution in [3.05, 3.63) is 126 Å². The van der Waals surface area contributed by atoms with Crippen LogP contribution in [0, 0.1) is 5.82 Å². The average molecular weight is 658 g/mol. The van der Waals surface area contributed by atoms with E-state index in [9.17, 15) is 18.0 Å². The number of halogens is 1. The fraction of sp³-hybridized carbons (Fsp3) is 0.297. The number of ether oxygens (including phenoxy) is 1. The highest BCUT2D eigenvalue weighted by atomic mass is 32.2. The number of carbonyl (C=O) groups excluding carboxylic acids is 2. The minimum Gasteiger partial charge on any atom is -0.497 e. The zero-order chi connectivity index (χ0) is 33.2. The van der Waals surface area contributed by atoms with Gasteiger partial charge in [0.1, 0.15) is 24.2 Å². The summed E-state index contributed by atoms with van der Waals surface area (Å²) in [6.07, 6.45) is 4.93. The van der Waals surface area contributed by atoms with Crippen molar-refractivity contribution in [2.75, 3.05) is 18.0 Å². The smallest absolute Gasteiger partial charge is 0.264 e. The molecule has 47 heavy (non-hydrogen) atoms. The highest BCUT2D eigenvalue weighted by Gasteiger charge is 2.36. The van der Waals surface area contributed by atoms with Gasteiger partial charge in [-0.3, -0.25) is 13.9 Å². The molecule has 0 radical (unpaired) electrons. The van der Waals surface area contributed by atoms with Crippen LogP contribution in [-0.4, -0.2) is 50.9 Å². The Labute approximate surface area is 276 Å². The Morgan fingerprint density at radius 1 is 0.872 bits per heavy atom. The molecule has 0 saturated heterocycles. The number of hydrogen-bond donors (Lipinski definition) is 1. The van der Waals surface area contributed by atoms with Crippen molar-refractivity contribution >= 4 is 27.5 Å². The van der Waals surface area contributed by atoms with E-state index in [0.717, 1.165) is 42.0 Å². The molecule has 1 aliphatic carbocycles. The monoisotopic (exact) mass is 657 g/mol. The summed E-state index contributed by atoms with van der Waals surface area (Å²) in [5.41, 5.74) is 1.23. The van der Waals surface area contributed by atoms with Crippen molar-refractivity contribution in [3.63, 3.8) is 0 Å². The zero-order valence-corrected chi connectivity index (χ0v) is 27.2. The van der Waals surface area contributed by atoms with Gasteiger partial charge in [0, 0.05) is 30.6 Å². The Morgan fingerprint density at radius 2 is 1.53 bits per heavy atom. The van der Waals surface area contributed by atoms with Crippen LogP contribution in [-0.2, 0) is 32.6 Å². The SMILES string of the molecule is COc1cccc(N(CC(=O)N(Cc2ccccc2F)[C@H](Cc2ccccc2)C(=O)NC2CCCCC2)S(=O)(=O)c2ccccc2)c1. The summed E-state index contributed by atoms with van der Waals surface area (Å²) in [7, 11) is -2.79. The van der Waals surface area contributed by atoms with Crippen LogP contribution in [0.4, 0.5) is 10.1 Å². The third-order valence-corrected chi connectivity index (χ3v) is 10.3. The van der Waals surface area contributed by atoms with E-state index < -0.39 is 34.3 Å². The Morgan fingerprint density at radius 3 is 2.21 bits per heavy atom. The molecule has 10 heteroatoms. The van der Waals surface area contributed by atoms with E-state index in [1.54, 1.807) is 54.6 Å². The second-order valence-electron chi connectivity index (χ2n) is 11.7. The first-order valence-electron chi connectivity index (χ1n) is 15.9. The van der Waals surface area contributed by atoms with Crippen molar-refractivity contribution in [1.29, 1.82) is 0 Å². The van der Waals surface area contributed by atoms with Gasteiger partial charge in [0.2, 0.25) is 11.8 Å². The predicted octanol–water partition coefficient (Wildman–Crippen LogP) is 6.12. The number of rotatable bonds is 13. The first kappa shape index (κ1) is 33.7. The molecule has 5 rings (SSSR count). The topological polar surface area (TPSA) is 96.0 Å². The van der Waals surface area contributed by atoms with Gasteiger partial charge < -0.3 is 15.0 Å². The van der Waals surface area contributed by atoms with Crippen molar-refractivity contribution in [2.24, 2.45) is 0 Å². The van der Waals surface area contributed by atoms with Crippen LogP contribution in [0.25, 0.3) is 0 Å². The molecule has 0 aliphatic heterocycles. The third kappa shape index (κ3) is 8.56. The van der Waals surface area contributed by atoms with Crippen LogP contribution in [0.1, 0.15) is 43.2 Å². The molecule has 0 aromatic heterocycles. The highest BCUT2D eigenvalue weighted by molar-refractivity contribution is 7.92. The Hall–Kier alpha value is -4.70. The fourth-order valence-corrected chi connectivity index (χ4v) is 7.35. The Kier molecular flexibility index (Phi) is 11.3. The molecule has 0 bridgehead atoms. The number of nitrogens with zero attached hydrogens (tertiary/aromatic N) is 2. The van der Waals surface area contributed by atoms with Crippen molar-refractivity contribution < 1.29 is 27.1 Å². The molecule has 8 nitrogen and oxygen atoms in total. The van der Waals surface area contributed by atoms with Gasteiger partial charge in [-0.2, -0.15) is 0 Å². The molecule has 1 saturated carbocycles. The molecule has 2 amide bonds. The summed E-state index contributed by atoms with van der Waals surface area (Å²) in [6.45, 7) is -0.876. The van der Waals surface area contributed by atoms with Crippen LogP contribution >= 0.6 is 0 Å². The van der Waals surface area contributed by atoms with Crippen LogP contribution < -0.4 is 14.4 Å². The number of amides is 2. The quantitative estimate of drug-likeness (QED) is 0.187. The van der Waals surface area contributed by atoms with Gasteiger partial charge >= 0.3 is 0 Å². The van der Waals surface area contributed by atoms with Crippen LogP contribution in [0.2, 0.25) is 0 Å². The summed E-state index contributed by atoms with van der Waals surface area (Å²) < 4.78 is 49.8. The van der Waals surface area contributed by atoms with Crippen molar-refractivity contribution in [1.82, 2.24) is 10.2 Å². The summed E-state index contributed by atoms with van der Waals surface area (Å²) in [6, 6.07) is 28.6. The number of anilines is 1. The lowest BCUT2D eigenvalue weighted by Crippen LogP contribution is -2.55. The minimum atomic E-state index is -4.26. The molecule has 4 aromatic carbocycles. The number of benzene rings is 4.